The zero-order valence-electron chi connectivity index (χ0n) is 10.7. The summed E-state index contributed by atoms with van der Waals surface area (Å²) in [6.07, 6.45) is 2.60. The van der Waals surface area contributed by atoms with Crippen LogP contribution in [0.2, 0.25) is 0 Å². The molecule has 1 atom stereocenters. The average Bonchev–Trinajstić information content (AvgIpc) is 2.30. The highest BCUT2D eigenvalue weighted by atomic mass is 32.2. The van der Waals surface area contributed by atoms with Crippen LogP contribution in [-0.2, 0) is 9.59 Å². The van der Waals surface area contributed by atoms with Crippen LogP contribution in [0.4, 0.5) is 0 Å². The molecule has 0 spiro atoms. The van der Waals surface area contributed by atoms with Gasteiger partial charge in [-0.25, -0.2) is 0 Å². The predicted molar refractivity (Wildman–Crippen MR) is 70.8 cm³/mol. The molecule has 5 heteroatoms. The highest BCUT2D eigenvalue weighted by Crippen LogP contribution is 2.11. The molecule has 0 heterocycles. The Morgan fingerprint density at radius 1 is 1.41 bits per heavy atom. The van der Waals surface area contributed by atoms with Crippen LogP contribution in [-0.4, -0.2) is 34.5 Å². The molecule has 0 aliphatic rings. The van der Waals surface area contributed by atoms with Gasteiger partial charge in [-0.15, -0.1) is 0 Å². The minimum absolute atomic E-state index is 0.00125. The van der Waals surface area contributed by atoms with E-state index in [2.05, 4.69) is 5.32 Å². The molecule has 0 aliphatic heterocycles. The van der Waals surface area contributed by atoms with E-state index in [-0.39, 0.29) is 17.1 Å². The first kappa shape index (κ1) is 16.2. The highest BCUT2D eigenvalue weighted by Gasteiger charge is 2.06. The zero-order valence-corrected chi connectivity index (χ0v) is 11.5. The lowest BCUT2D eigenvalue weighted by Gasteiger charge is -2.05. The Kier molecular flexibility index (Phi) is 8.80. The zero-order chi connectivity index (χ0) is 13.3. The Balaban J connectivity index is 3.85. The van der Waals surface area contributed by atoms with Crippen LogP contribution in [0.5, 0.6) is 0 Å². The largest absolute Gasteiger partial charge is 0.393 e. The maximum Gasteiger partial charge on any atom is 0.216 e. The number of nitrogens with one attached hydrogen (secondary N) is 1. The molecule has 0 aromatic rings. The number of amides is 1. The summed E-state index contributed by atoms with van der Waals surface area (Å²) in [4.78, 5) is 22.2. The molecule has 0 aromatic heterocycles. The molecule has 98 valence electrons. The van der Waals surface area contributed by atoms with Crippen molar-refractivity contribution in [2.24, 2.45) is 0 Å². The second-order valence-corrected chi connectivity index (χ2v) is 4.87. The van der Waals surface area contributed by atoms with Crippen molar-refractivity contribution in [3.63, 3.8) is 0 Å². The first-order valence-electron chi connectivity index (χ1n) is 5.73. The average molecular weight is 259 g/mol. The number of hydrogen-bond acceptors (Lipinski definition) is 4. The lowest BCUT2D eigenvalue weighted by molar-refractivity contribution is -0.118. The van der Waals surface area contributed by atoms with Crippen molar-refractivity contribution in [3.05, 3.63) is 11.6 Å². The van der Waals surface area contributed by atoms with Crippen LogP contribution < -0.4 is 5.32 Å². The van der Waals surface area contributed by atoms with Gasteiger partial charge in [-0.3, -0.25) is 9.59 Å². The molecule has 0 unspecified atom stereocenters. The third kappa shape index (κ3) is 8.94. The molecule has 4 nitrogen and oxygen atoms in total. The number of aliphatic hydroxyl groups is 1. The van der Waals surface area contributed by atoms with E-state index in [1.807, 2.05) is 6.92 Å². The number of hydrogen-bond donors (Lipinski definition) is 2. The normalized spacial score (nSPS) is 13.3. The van der Waals surface area contributed by atoms with Crippen LogP contribution in [0.15, 0.2) is 11.6 Å². The first-order chi connectivity index (χ1) is 7.97. The van der Waals surface area contributed by atoms with Gasteiger partial charge in [0.25, 0.3) is 0 Å². The fraction of sp³-hybridized carbons (Fsp3) is 0.667. The van der Waals surface area contributed by atoms with E-state index in [4.69, 9.17) is 0 Å². The van der Waals surface area contributed by atoms with Gasteiger partial charge in [0.15, 0.2) is 0 Å². The Hall–Kier alpha value is -0.810. The van der Waals surface area contributed by atoms with Crippen molar-refractivity contribution in [2.75, 3.05) is 12.3 Å². The Labute approximate surface area is 107 Å². The molecule has 1 amide bonds. The van der Waals surface area contributed by atoms with Gasteiger partial charge in [0, 0.05) is 19.2 Å². The number of rotatable bonds is 7. The molecular formula is C12H21NO3S. The molecule has 2 N–H and O–H groups in total. The Bertz CT molecular complexity index is 289. The first-order valence-corrected chi connectivity index (χ1v) is 6.72. The van der Waals surface area contributed by atoms with Crippen LogP contribution in [0, 0.1) is 0 Å². The van der Waals surface area contributed by atoms with Crippen molar-refractivity contribution in [3.8, 4) is 0 Å². The molecule has 0 fully saturated rings. The number of carbonyl (C=O) groups is 2. The van der Waals surface area contributed by atoms with Crippen molar-refractivity contribution in [1.29, 1.82) is 0 Å². The fourth-order valence-corrected chi connectivity index (χ4v) is 1.75. The predicted octanol–water partition coefficient (Wildman–Crippen LogP) is 1.49. The molecule has 0 aromatic carbocycles. The second-order valence-electron chi connectivity index (χ2n) is 3.80. The minimum atomic E-state index is -0.373. The van der Waals surface area contributed by atoms with Gasteiger partial charge in [-0.2, -0.15) is 0 Å². The number of carbonyl (C=O) groups excluding carboxylic acids is 2. The highest BCUT2D eigenvalue weighted by molar-refractivity contribution is 8.14. The van der Waals surface area contributed by atoms with Crippen LogP contribution in [0.1, 0.15) is 33.6 Å². The van der Waals surface area contributed by atoms with Crippen molar-refractivity contribution in [1.82, 2.24) is 5.32 Å². The summed E-state index contributed by atoms with van der Waals surface area (Å²) in [5.74, 6) is 0.483. The molecule has 0 saturated carbocycles. The van der Waals surface area contributed by atoms with Gasteiger partial charge >= 0.3 is 0 Å². The van der Waals surface area contributed by atoms with Gasteiger partial charge in [-0.05, 0) is 25.3 Å². The third-order valence-electron chi connectivity index (χ3n) is 2.20. The summed E-state index contributed by atoms with van der Waals surface area (Å²) in [7, 11) is 0. The molecular weight excluding hydrogens is 238 g/mol. The summed E-state index contributed by atoms with van der Waals surface area (Å²) >= 11 is 1.18. The smallest absolute Gasteiger partial charge is 0.216 e. The Morgan fingerprint density at radius 3 is 2.59 bits per heavy atom. The molecule has 0 radical (unpaired) electrons. The van der Waals surface area contributed by atoms with E-state index < -0.39 is 0 Å². The van der Waals surface area contributed by atoms with Gasteiger partial charge in [0.05, 0.1) is 6.10 Å². The van der Waals surface area contributed by atoms with E-state index in [1.165, 1.54) is 18.7 Å². The van der Waals surface area contributed by atoms with Crippen molar-refractivity contribution >= 4 is 22.8 Å². The van der Waals surface area contributed by atoms with Crippen molar-refractivity contribution in [2.45, 2.75) is 39.7 Å². The minimum Gasteiger partial charge on any atom is -0.393 e. The molecule has 0 rings (SSSR count). The molecule has 0 saturated heterocycles. The number of thioether (sulfide) groups is 1. The lowest BCUT2D eigenvalue weighted by atomic mass is 10.1. The lowest BCUT2D eigenvalue weighted by Crippen LogP contribution is -2.22. The van der Waals surface area contributed by atoms with Crippen LogP contribution >= 0.6 is 11.8 Å². The summed E-state index contributed by atoms with van der Waals surface area (Å²) in [6.45, 7) is 5.59. The van der Waals surface area contributed by atoms with Crippen LogP contribution in [0.25, 0.3) is 0 Å². The van der Waals surface area contributed by atoms with E-state index in [0.717, 1.165) is 0 Å². The van der Waals surface area contributed by atoms with Gasteiger partial charge in [0.2, 0.25) is 11.0 Å². The molecule has 0 aliphatic carbocycles. The van der Waals surface area contributed by atoms with Gasteiger partial charge in [-0.1, -0.05) is 24.8 Å². The van der Waals surface area contributed by atoms with Crippen molar-refractivity contribution < 1.29 is 14.7 Å². The second kappa shape index (κ2) is 9.24. The monoisotopic (exact) mass is 259 g/mol. The fourth-order valence-electron chi connectivity index (χ4n) is 1.05. The van der Waals surface area contributed by atoms with Gasteiger partial charge < -0.3 is 10.4 Å². The van der Waals surface area contributed by atoms with E-state index in [9.17, 15) is 14.7 Å². The standard InChI is InChI=1S/C12H21NO3S/c1-4-11(15)6-5-9(2)12(16)17-8-7-13-10(3)14/h5,11,15H,4,6-8H2,1-3H3,(H,13,14)/b9-5+/t11-/m1/s1. The summed E-state index contributed by atoms with van der Waals surface area (Å²) in [5.41, 5.74) is 0.658. The van der Waals surface area contributed by atoms with Gasteiger partial charge in [0.1, 0.15) is 0 Å². The van der Waals surface area contributed by atoms with E-state index in [0.29, 0.717) is 30.7 Å². The van der Waals surface area contributed by atoms with E-state index >= 15 is 0 Å². The van der Waals surface area contributed by atoms with E-state index in [1.54, 1.807) is 13.0 Å². The maximum atomic E-state index is 11.6. The summed E-state index contributed by atoms with van der Waals surface area (Å²) in [5, 5.41) is 12.0. The van der Waals surface area contributed by atoms with Crippen LogP contribution in [0.3, 0.4) is 0 Å². The molecule has 17 heavy (non-hydrogen) atoms. The number of aliphatic hydroxyl groups excluding tert-OH is 1. The Morgan fingerprint density at radius 2 is 2.06 bits per heavy atom. The molecule has 0 bridgehead atoms. The summed E-state index contributed by atoms with van der Waals surface area (Å²) in [6, 6.07) is 0. The third-order valence-corrected chi connectivity index (χ3v) is 3.19. The maximum absolute atomic E-state index is 11.6. The quantitative estimate of drug-likeness (QED) is 0.537. The topological polar surface area (TPSA) is 66.4 Å². The summed E-state index contributed by atoms with van der Waals surface area (Å²) < 4.78 is 0. The SMILES string of the molecule is CC[C@@H](O)C/C=C(\C)C(=O)SCCNC(C)=O.